The van der Waals surface area contributed by atoms with E-state index in [1.807, 2.05) is 42.5 Å². The molecular formula is C25H25FO3. The zero-order valence-electron chi connectivity index (χ0n) is 16.9. The van der Waals surface area contributed by atoms with Gasteiger partial charge in [-0.3, -0.25) is 4.79 Å². The maximum absolute atomic E-state index is 14.1. The molecule has 0 unspecified atom stereocenters. The summed E-state index contributed by atoms with van der Waals surface area (Å²) < 4.78 is 25.6. The molecule has 4 heteroatoms. The van der Waals surface area contributed by atoms with Crippen molar-refractivity contribution >= 4 is 5.78 Å². The van der Waals surface area contributed by atoms with Gasteiger partial charge in [-0.2, -0.15) is 0 Å². The van der Waals surface area contributed by atoms with Gasteiger partial charge in [-0.15, -0.1) is 0 Å². The minimum Gasteiger partial charge on any atom is -0.454 e. The summed E-state index contributed by atoms with van der Waals surface area (Å²) in [5.41, 5.74) is 2.40. The van der Waals surface area contributed by atoms with Gasteiger partial charge in [-0.25, -0.2) is 4.39 Å². The smallest absolute Gasteiger partial charge is 0.165 e. The Bertz CT molecular complexity index is 963. The highest BCUT2D eigenvalue weighted by Gasteiger charge is 2.21. The van der Waals surface area contributed by atoms with E-state index < -0.39 is 5.82 Å². The van der Waals surface area contributed by atoms with Crippen molar-refractivity contribution < 1.29 is 18.7 Å². The van der Waals surface area contributed by atoms with Crippen LogP contribution in [-0.4, -0.2) is 12.4 Å². The molecule has 0 aliphatic rings. The van der Waals surface area contributed by atoms with Crippen LogP contribution in [0.3, 0.4) is 0 Å². The molecule has 29 heavy (non-hydrogen) atoms. The van der Waals surface area contributed by atoms with Gasteiger partial charge in [0, 0.05) is 11.0 Å². The fourth-order valence-electron chi connectivity index (χ4n) is 2.99. The first kappa shape index (κ1) is 20.7. The zero-order valence-corrected chi connectivity index (χ0v) is 16.9. The van der Waals surface area contributed by atoms with Crippen LogP contribution in [0.15, 0.2) is 72.8 Å². The van der Waals surface area contributed by atoms with Crippen LogP contribution in [-0.2, 0) is 16.8 Å². The molecule has 0 heterocycles. The molecule has 0 bridgehead atoms. The summed E-state index contributed by atoms with van der Waals surface area (Å²) in [5, 5.41) is 0. The molecule has 3 aromatic rings. The first-order valence-corrected chi connectivity index (χ1v) is 9.56. The molecule has 0 atom stereocenters. The minimum atomic E-state index is -0.413. The number of ketones is 1. The van der Waals surface area contributed by atoms with E-state index in [0.717, 1.165) is 11.1 Å². The summed E-state index contributed by atoms with van der Waals surface area (Å²) in [7, 11) is 0. The Labute approximate surface area is 171 Å². The van der Waals surface area contributed by atoms with E-state index in [4.69, 9.17) is 9.47 Å². The Hall–Kier alpha value is -2.98. The van der Waals surface area contributed by atoms with E-state index in [0.29, 0.717) is 24.5 Å². The number of Topliss-reactive ketones (excluding diaryl/α,β-unsaturated/α-hetero) is 1. The SMILES string of the molecule is CC(=O)c1ccc(C(C)(C)COCc2ccc(F)c(Oc3ccccc3)c2)cc1. The van der Waals surface area contributed by atoms with Crippen molar-refractivity contribution in [3.8, 4) is 11.5 Å². The van der Waals surface area contributed by atoms with Crippen LogP contribution in [0.2, 0.25) is 0 Å². The van der Waals surface area contributed by atoms with Gasteiger partial charge in [0.15, 0.2) is 17.3 Å². The molecule has 0 spiro atoms. The standard InChI is InChI=1S/C25H25FO3/c1-18(27)20-10-12-21(13-11-20)25(2,3)17-28-16-19-9-14-23(26)24(15-19)29-22-7-5-4-6-8-22/h4-15H,16-17H2,1-3H3. The molecular weight excluding hydrogens is 367 g/mol. The zero-order chi connectivity index (χ0) is 20.9. The van der Waals surface area contributed by atoms with Crippen molar-refractivity contribution in [2.45, 2.75) is 32.8 Å². The van der Waals surface area contributed by atoms with E-state index in [2.05, 4.69) is 13.8 Å². The number of hydrogen-bond donors (Lipinski definition) is 0. The molecule has 0 radical (unpaired) electrons. The van der Waals surface area contributed by atoms with Crippen LogP contribution in [0.4, 0.5) is 4.39 Å². The van der Waals surface area contributed by atoms with Gasteiger partial charge in [0.2, 0.25) is 0 Å². The van der Waals surface area contributed by atoms with Gasteiger partial charge in [-0.1, -0.05) is 62.4 Å². The molecule has 3 aromatic carbocycles. The quantitative estimate of drug-likeness (QED) is 0.421. The van der Waals surface area contributed by atoms with E-state index in [1.54, 1.807) is 31.2 Å². The Morgan fingerprint density at radius 1 is 0.966 bits per heavy atom. The van der Waals surface area contributed by atoms with Crippen LogP contribution in [0.25, 0.3) is 0 Å². The van der Waals surface area contributed by atoms with Crippen LogP contribution in [0.1, 0.15) is 42.3 Å². The molecule has 150 valence electrons. The Kier molecular flexibility index (Phi) is 6.45. The Balaban J connectivity index is 1.62. The predicted octanol–water partition coefficient (Wildman–Crippen LogP) is 6.32. The summed E-state index contributed by atoms with van der Waals surface area (Å²) in [6.45, 7) is 6.57. The second-order valence-corrected chi connectivity index (χ2v) is 7.69. The fraction of sp³-hybridized carbons (Fsp3) is 0.240. The number of ether oxygens (including phenoxy) is 2. The molecule has 0 aliphatic carbocycles. The summed E-state index contributed by atoms with van der Waals surface area (Å²) >= 11 is 0. The normalized spacial score (nSPS) is 11.3. The average molecular weight is 392 g/mol. The highest BCUT2D eigenvalue weighted by atomic mass is 19.1. The first-order chi connectivity index (χ1) is 13.8. The lowest BCUT2D eigenvalue weighted by Crippen LogP contribution is -2.24. The van der Waals surface area contributed by atoms with Crippen molar-refractivity contribution in [2.24, 2.45) is 0 Å². The fourth-order valence-corrected chi connectivity index (χ4v) is 2.99. The van der Waals surface area contributed by atoms with Gasteiger partial charge in [0.25, 0.3) is 0 Å². The van der Waals surface area contributed by atoms with Gasteiger partial charge in [0.05, 0.1) is 13.2 Å². The van der Waals surface area contributed by atoms with Crippen molar-refractivity contribution in [3.05, 3.63) is 95.3 Å². The maximum Gasteiger partial charge on any atom is 0.165 e. The lowest BCUT2D eigenvalue weighted by molar-refractivity contribution is 0.0823. The third-order valence-electron chi connectivity index (χ3n) is 4.77. The third kappa shape index (κ3) is 5.52. The second-order valence-electron chi connectivity index (χ2n) is 7.69. The van der Waals surface area contributed by atoms with E-state index in [9.17, 15) is 9.18 Å². The summed E-state index contributed by atoms with van der Waals surface area (Å²) in [6, 6.07) is 21.5. The Morgan fingerprint density at radius 2 is 1.66 bits per heavy atom. The van der Waals surface area contributed by atoms with Gasteiger partial charge in [-0.05, 0) is 42.3 Å². The molecule has 0 saturated carbocycles. The lowest BCUT2D eigenvalue weighted by Gasteiger charge is -2.25. The molecule has 3 rings (SSSR count). The van der Waals surface area contributed by atoms with Gasteiger partial charge < -0.3 is 9.47 Å². The number of carbonyl (C=O) groups excluding carboxylic acids is 1. The van der Waals surface area contributed by atoms with E-state index in [1.165, 1.54) is 6.07 Å². The number of para-hydroxylation sites is 1. The van der Waals surface area contributed by atoms with E-state index in [-0.39, 0.29) is 16.9 Å². The maximum atomic E-state index is 14.1. The van der Waals surface area contributed by atoms with Crippen molar-refractivity contribution in [1.29, 1.82) is 0 Å². The predicted molar refractivity (Wildman–Crippen MR) is 112 cm³/mol. The van der Waals surface area contributed by atoms with Crippen LogP contribution in [0, 0.1) is 5.82 Å². The van der Waals surface area contributed by atoms with Crippen molar-refractivity contribution in [1.82, 2.24) is 0 Å². The van der Waals surface area contributed by atoms with E-state index >= 15 is 0 Å². The number of halogens is 1. The second kappa shape index (κ2) is 9.01. The highest BCUT2D eigenvalue weighted by Crippen LogP contribution is 2.27. The number of hydrogen-bond acceptors (Lipinski definition) is 3. The molecule has 0 aromatic heterocycles. The van der Waals surface area contributed by atoms with Crippen molar-refractivity contribution in [3.63, 3.8) is 0 Å². The van der Waals surface area contributed by atoms with Gasteiger partial charge in [0.1, 0.15) is 5.75 Å². The molecule has 0 saturated heterocycles. The molecule has 0 aliphatic heterocycles. The Morgan fingerprint density at radius 3 is 2.31 bits per heavy atom. The third-order valence-corrected chi connectivity index (χ3v) is 4.77. The van der Waals surface area contributed by atoms with Gasteiger partial charge >= 0.3 is 0 Å². The number of carbonyl (C=O) groups is 1. The van der Waals surface area contributed by atoms with Crippen molar-refractivity contribution in [2.75, 3.05) is 6.61 Å². The number of benzene rings is 3. The average Bonchev–Trinajstić information content (AvgIpc) is 2.71. The first-order valence-electron chi connectivity index (χ1n) is 9.56. The summed E-state index contributed by atoms with van der Waals surface area (Å²) in [6.07, 6.45) is 0. The van der Waals surface area contributed by atoms with Crippen LogP contribution in [0.5, 0.6) is 11.5 Å². The molecule has 0 N–H and O–H groups in total. The highest BCUT2D eigenvalue weighted by molar-refractivity contribution is 5.94. The lowest BCUT2D eigenvalue weighted by atomic mass is 9.85. The largest absolute Gasteiger partial charge is 0.454 e. The molecule has 0 fully saturated rings. The molecule has 3 nitrogen and oxygen atoms in total. The number of rotatable bonds is 8. The minimum absolute atomic E-state index is 0.0513. The topological polar surface area (TPSA) is 35.5 Å². The monoisotopic (exact) mass is 392 g/mol. The van der Waals surface area contributed by atoms with Crippen LogP contribution >= 0.6 is 0 Å². The molecule has 0 amide bonds. The van der Waals surface area contributed by atoms with Crippen LogP contribution < -0.4 is 4.74 Å². The summed E-state index contributed by atoms with van der Waals surface area (Å²) in [4.78, 5) is 11.4. The summed E-state index contributed by atoms with van der Waals surface area (Å²) in [5.74, 6) is 0.398.